The number of hydrogen-bond acceptors (Lipinski definition) is 1. The minimum atomic E-state index is -2.63. The number of halogens is 2. The smallest absolute Gasteiger partial charge is 0.266 e. The maximum Gasteiger partial charge on any atom is 0.266 e. The van der Waals surface area contributed by atoms with Crippen molar-refractivity contribution in [2.75, 3.05) is 0 Å². The summed E-state index contributed by atoms with van der Waals surface area (Å²) in [6.07, 6.45) is -1.89. The Morgan fingerprint density at radius 3 is 2.11 bits per heavy atom. The first-order chi connectivity index (χ1) is 4.00. The Hall–Kier alpha value is -0.180. The molecule has 0 rings (SSSR count). The maximum atomic E-state index is 11.7. The standard InChI is InChI=1S/C6H12F2O/c1-3-4-6(2,9)5(7)8/h5,9H,3-4H2,1-2H3/t6-/m1/s1. The minimum Gasteiger partial charge on any atom is -0.384 e. The minimum absolute atomic E-state index is 0.157. The molecule has 3 heteroatoms. The van der Waals surface area contributed by atoms with Crippen molar-refractivity contribution in [2.24, 2.45) is 0 Å². The van der Waals surface area contributed by atoms with E-state index in [1.54, 1.807) is 6.92 Å². The molecule has 0 aliphatic heterocycles. The third-order valence-electron chi connectivity index (χ3n) is 1.23. The molecule has 0 aromatic carbocycles. The molecule has 0 aromatic rings. The van der Waals surface area contributed by atoms with E-state index in [1.165, 1.54) is 0 Å². The Kier molecular flexibility index (Phi) is 3.04. The second-order valence-electron chi connectivity index (χ2n) is 2.41. The average molecular weight is 138 g/mol. The summed E-state index contributed by atoms with van der Waals surface area (Å²) in [5.41, 5.74) is -1.78. The maximum absolute atomic E-state index is 11.7. The number of aliphatic hydroxyl groups is 1. The molecule has 0 heterocycles. The Morgan fingerprint density at radius 2 is 2.00 bits per heavy atom. The van der Waals surface area contributed by atoms with Gasteiger partial charge in [-0.05, 0) is 13.3 Å². The highest BCUT2D eigenvalue weighted by atomic mass is 19.3. The molecule has 0 radical (unpaired) electrons. The zero-order valence-electron chi connectivity index (χ0n) is 5.69. The van der Waals surface area contributed by atoms with E-state index < -0.39 is 12.0 Å². The topological polar surface area (TPSA) is 20.2 Å². The van der Waals surface area contributed by atoms with Crippen molar-refractivity contribution in [1.29, 1.82) is 0 Å². The average Bonchev–Trinajstić information content (AvgIpc) is 1.65. The Labute approximate surface area is 53.7 Å². The van der Waals surface area contributed by atoms with Crippen LogP contribution >= 0.6 is 0 Å². The highest BCUT2D eigenvalue weighted by Crippen LogP contribution is 2.19. The first-order valence-electron chi connectivity index (χ1n) is 3.01. The fraction of sp³-hybridized carbons (Fsp3) is 1.00. The number of alkyl halides is 2. The van der Waals surface area contributed by atoms with Gasteiger partial charge in [0.1, 0.15) is 5.60 Å². The van der Waals surface area contributed by atoms with Crippen LogP contribution in [-0.2, 0) is 0 Å². The lowest BCUT2D eigenvalue weighted by molar-refractivity contribution is -0.0879. The Bertz CT molecular complexity index is 81.1. The summed E-state index contributed by atoms with van der Waals surface area (Å²) < 4.78 is 23.5. The Morgan fingerprint density at radius 1 is 1.56 bits per heavy atom. The lowest BCUT2D eigenvalue weighted by Crippen LogP contribution is -2.32. The molecule has 9 heavy (non-hydrogen) atoms. The normalized spacial score (nSPS) is 18.0. The fourth-order valence-electron chi connectivity index (χ4n) is 0.615. The molecule has 0 fully saturated rings. The first kappa shape index (κ1) is 8.82. The SMILES string of the molecule is CCC[C@@](C)(O)C(F)F. The van der Waals surface area contributed by atoms with Crippen LogP contribution in [0.25, 0.3) is 0 Å². The highest BCUT2D eigenvalue weighted by molar-refractivity contribution is 4.73. The second-order valence-corrected chi connectivity index (χ2v) is 2.41. The van der Waals surface area contributed by atoms with Gasteiger partial charge in [-0.15, -0.1) is 0 Å². The van der Waals surface area contributed by atoms with E-state index in [1.807, 2.05) is 0 Å². The summed E-state index contributed by atoms with van der Waals surface area (Å²) in [6, 6.07) is 0. The largest absolute Gasteiger partial charge is 0.384 e. The van der Waals surface area contributed by atoms with E-state index in [0.717, 1.165) is 6.92 Å². The number of rotatable bonds is 3. The van der Waals surface area contributed by atoms with Crippen LogP contribution in [0.2, 0.25) is 0 Å². The van der Waals surface area contributed by atoms with Gasteiger partial charge in [-0.3, -0.25) is 0 Å². The summed E-state index contributed by atoms with van der Waals surface area (Å²) in [4.78, 5) is 0. The molecule has 0 unspecified atom stereocenters. The summed E-state index contributed by atoms with van der Waals surface area (Å²) in [6.45, 7) is 2.91. The Balaban J connectivity index is 3.70. The quantitative estimate of drug-likeness (QED) is 0.630. The van der Waals surface area contributed by atoms with Crippen molar-refractivity contribution >= 4 is 0 Å². The van der Waals surface area contributed by atoms with E-state index in [9.17, 15) is 8.78 Å². The molecule has 0 saturated heterocycles. The van der Waals surface area contributed by atoms with Gasteiger partial charge in [0.2, 0.25) is 0 Å². The molecule has 0 amide bonds. The van der Waals surface area contributed by atoms with Gasteiger partial charge in [0.25, 0.3) is 6.43 Å². The van der Waals surface area contributed by atoms with Gasteiger partial charge in [0.15, 0.2) is 0 Å². The molecule has 0 aliphatic carbocycles. The van der Waals surface area contributed by atoms with Crippen LogP contribution in [-0.4, -0.2) is 17.1 Å². The van der Waals surface area contributed by atoms with Crippen LogP contribution in [0.15, 0.2) is 0 Å². The van der Waals surface area contributed by atoms with Gasteiger partial charge < -0.3 is 5.11 Å². The molecule has 1 N–H and O–H groups in total. The zero-order valence-corrected chi connectivity index (χ0v) is 5.69. The lowest BCUT2D eigenvalue weighted by Gasteiger charge is -2.20. The third-order valence-corrected chi connectivity index (χ3v) is 1.23. The van der Waals surface area contributed by atoms with Crippen LogP contribution in [0.1, 0.15) is 26.7 Å². The zero-order chi connectivity index (χ0) is 7.49. The van der Waals surface area contributed by atoms with E-state index in [-0.39, 0.29) is 6.42 Å². The third kappa shape index (κ3) is 2.75. The van der Waals surface area contributed by atoms with Crippen molar-refractivity contribution in [1.82, 2.24) is 0 Å². The molecule has 0 aliphatic rings. The monoisotopic (exact) mass is 138 g/mol. The van der Waals surface area contributed by atoms with Crippen LogP contribution < -0.4 is 0 Å². The molecular formula is C6H12F2O. The molecule has 1 nitrogen and oxygen atoms in total. The molecule has 1 atom stereocenters. The van der Waals surface area contributed by atoms with Crippen LogP contribution in [0.5, 0.6) is 0 Å². The van der Waals surface area contributed by atoms with Gasteiger partial charge >= 0.3 is 0 Å². The predicted molar refractivity (Wildman–Crippen MR) is 31.5 cm³/mol. The van der Waals surface area contributed by atoms with Crippen LogP contribution in [0, 0.1) is 0 Å². The molecule has 0 spiro atoms. The van der Waals surface area contributed by atoms with Gasteiger partial charge in [-0.2, -0.15) is 0 Å². The predicted octanol–water partition coefficient (Wildman–Crippen LogP) is 1.80. The van der Waals surface area contributed by atoms with E-state index in [2.05, 4.69) is 0 Å². The van der Waals surface area contributed by atoms with Gasteiger partial charge in [-0.1, -0.05) is 13.3 Å². The van der Waals surface area contributed by atoms with E-state index >= 15 is 0 Å². The summed E-state index contributed by atoms with van der Waals surface area (Å²) in [5.74, 6) is 0. The van der Waals surface area contributed by atoms with Crippen molar-refractivity contribution < 1.29 is 13.9 Å². The van der Waals surface area contributed by atoms with Crippen molar-refractivity contribution in [3.8, 4) is 0 Å². The van der Waals surface area contributed by atoms with Gasteiger partial charge in [0.05, 0.1) is 0 Å². The molecule has 0 saturated carbocycles. The lowest BCUT2D eigenvalue weighted by atomic mass is 10.0. The van der Waals surface area contributed by atoms with Gasteiger partial charge in [-0.25, -0.2) is 8.78 Å². The highest BCUT2D eigenvalue weighted by Gasteiger charge is 2.30. The van der Waals surface area contributed by atoms with Gasteiger partial charge in [0, 0.05) is 0 Å². The molecule has 0 bridgehead atoms. The molecular weight excluding hydrogens is 126 g/mol. The van der Waals surface area contributed by atoms with Crippen molar-refractivity contribution in [3.63, 3.8) is 0 Å². The summed E-state index contributed by atoms with van der Waals surface area (Å²) >= 11 is 0. The van der Waals surface area contributed by atoms with Crippen molar-refractivity contribution in [2.45, 2.75) is 38.7 Å². The van der Waals surface area contributed by atoms with Crippen molar-refractivity contribution in [3.05, 3.63) is 0 Å². The summed E-state index contributed by atoms with van der Waals surface area (Å²) in [7, 11) is 0. The summed E-state index contributed by atoms with van der Waals surface area (Å²) in [5, 5.41) is 8.84. The molecule has 56 valence electrons. The molecule has 0 aromatic heterocycles. The number of hydrogen-bond donors (Lipinski definition) is 1. The van der Waals surface area contributed by atoms with Crippen LogP contribution in [0.4, 0.5) is 8.78 Å². The first-order valence-corrected chi connectivity index (χ1v) is 3.01. The van der Waals surface area contributed by atoms with E-state index in [4.69, 9.17) is 5.11 Å². The second kappa shape index (κ2) is 3.11. The fourth-order valence-corrected chi connectivity index (χ4v) is 0.615. The van der Waals surface area contributed by atoms with Crippen LogP contribution in [0.3, 0.4) is 0 Å². The van der Waals surface area contributed by atoms with E-state index in [0.29, 0.717) is 6.42 Å².